The van der Waals surface area contributed by atoms with Gasteiger partial charge in [-0.05, 0) is 49.6 Å². The molecule has 0 heterocycles. The lowest BCUT2D eigenvalue weighted by Gasteiger charge is -2.32. The van der Waals surface area contributed by atoms with Crippen molar-refractivity contribution in [1.29, 1.82) is 0 Å². The number of benzene rings is 1. The molecule has 0 amide bonds. The molecular weight excluding hydrogens is 315 g/mol. The summed E-state index contributed by atoms with van der Waals surface area (Å²) in [6.07, 6.45) is 7.28. The maximum atomic E-state index is 5.84. The van der Waals surface area contributed by atoms with Crippen molar-refractivity contribution in [2.75, 3.05) is 6.54 Å². The molecule has 2 nitrogen and oxygen atoms in total. The number of hydrogen-bond acceptors (Lipinski definition) is 2. The summed E-state index contributed by atoms with van der Waals surface area (Å²) >= 11 is 0. The van der Waals surface area contributed by atoms with Gasteiger partial charge in [0.2, 0.25) is 0 Å². The van der Waals surface area contributed by atoms with Gasteiger partial charge in [-0.25, -0.2) is 0 Å². The van der Waals surface area contributed by atoms with Crippen LogP contribution < -0.4 is 11.1 Å². The van der Waals surface area contributed by atoms with E-state index in [1.54, 1.807) is 5.57 Å². The summed E-state index contributed by atoms with van der Waals surface area (Å²) in [6.45, 7) is 3.44. The summed E-state index contributed by atoms with van der Waals surface area (Å²) in [5.74, 6) is 1.59. The summed E-state index contributed by atoms with van der Waals surface area (Å²) in [4.78, 5) is 0. The molecule has 2 aliphatic rings. The first kappa shape index (κ1) is 19.5. The van der Waals surface area contributed by atoms with Gasteiger partial charge in [0.05, 0.1) is 0 Å². The van der Waals surface area contributed by atoms with E-state index in [1.165, 1.54) is 24.8 Å². The fourth-order valence-corrected chi connectivity index (χ4v) is 3.34. The van der Waals surface area contributed by atoms with Gasteiger partial charge in [0.1, 0.15) is 0 Å². The first-order valence-corrected chi connectivity index (χ1v) is 8.00. The van der Waals surface area contributed by atoms with Gasteiger partial charge in [0, 0.05) is 12.1 Å². The second kappa shape index (κ2) is 8.93. The lowest BCUT2D eigenvalue weighted by Crippen LogP contribution is -2.42. The molecule has 0 aromatic heterocycles. The quantitative estimate of drug-likeness (QED) is 0.818. The third-order valence-electron chi connectivity index (χ3n) is 4.77. The van der Waals surface area contributed by atoms with E-state index in [0.29, 0.717) is 12.1 Å². The standard InChI is InChI=1S/C18H26N2.2ClH/c1-2-15(8-13-6-4-3-5-7-13)17-11-18(17)20-12-14-9-16(19)10-14;;/h3-8,14,16-18,20H,2,9-12,19H2,1H3;2*1H/b15-8+;;/t14-,16-,17-,18+;;/m0../s1. The summed E-state index contributed by atoms with van der Waals surface area (Å²) in [5, 5.41) is 3.73. The van der Waals surface area contributed by atoms with Crippen molar-refractivity contribution in [2.45, 2.75) is 44.7 Å². The molecule has 3 N–H and O–H groups in total. The van der Waals surface area contributed by atoms with Crippen LogP contribution in [0.2, 0.25) is 0 Å². The molecule has 4 heteroatoms. The Balaban J connectivity index is 0.00000121. The highest BCUT2D eigenvalue weighted by Crippen LogP contribution is 2.40. The maximum Gasteiger partial charge on any atom is 0.0140 e. The van der Waals surface area contributed by atoms with Gasteiger partial charge in [-0.1, -0.05) is 48.9 Å². The van der Waals surface area contributed by atoms with Gasteiger partial charge in [-0.2, -0.15) is 0 Å². The zero-order valence-corrected chi connectivity index (χ0v) is 14.8. The molecule has 124 valence electrons. The molecule has 2 aliphatic carbocycles. The van der Waals surface area contributed by atoms with Crippen molar-refractivity contribution in [3.63, 3.8) is 0 Å². The molecule has 3 rings (SSSR count). The van der Waals surface area contributed by atoms with Crippen molar-refractivity contribution in [3.8, 4) is 0 Å². The smallest absolute Gasteiger partial charge is 0.0140 e. The predicted molar refractivity (Wildman–Crippen MR) is 99.8 cm³/mol. The van der Waals surface area contributed by atoms with Crippen LogP contribution in [0, 0.1) is 11.8 Å². The molecule has 2 saturated carbocycles. The van der Waals surface area contributed by atoms with Gasteiger partial charge in [-0.3, -0.25) is 0 Å². The number of hydrogen-bond donors (Lipinski definition) is 2. The van der Waals surface area contributed by atoms with Crippen LogP contribution in [0.4, 0.5) is 0 Å². The van der Waals surface area contributed by atoms with Crippen LogP contribution in [0.25, 0.3) is 6.08 Å². The van der Waals surface area contributed by atoms with E-state index in [4.69, 9.17) is 5.73 Å². The molecule has 1 aromatic rings. The molecule has 1 aromatic carbocycles. The first-order valence-electron chi connectivity index (χ1n) is 8.00. The van der Waals surface area contributed by atoms with Crippen LogP contribution in [0.1, 0.15) is 38.2 Å². The first-order chi connectivity index (χ1) is 9.76. The minimum Gasteiger partial charge on any atom is -0.328 e. The third kappa shape index (κ3) is 4.99. The van der Waals surface area contributed by atoms with E-state index >= 15 is 0 Å². The molecule has 0 radical (unpaired) electrons. The third-order valence-corrected chi connectivity index (χ3v) is 4.77. The second-order valence-corrected chi connectivity index (χ2v) is 6.44. The minimum absolute atomic E-state index is 0. The van der Waals surface area contributed by atoms with E-state index in [0.717, 1.165) is 24.8 Å². The zero-order chi connectivity index (χ0) is 13.9. The number of halogens is 2. The Labute approximate surface area is 146 Å². The number of nitrogens with one attached hydrogen (secondary N) is 1. The molecule has 22 heavy (non-hydrogen) atoms. The molecule has 2 fully saturated rings. The van der Waals surface area contributed by atoms with Crippen molar-refractivity contribution in [1.82, 2.24) is 5.32 Å². The van der Waals surface area contributed by atoms with E-state index in [-0.39, 0.29) is 24.8 Å². The Bertz CT molecular complexity index is 469. The Morgan fingerprint density at radius 2 is 1.86 bits per heavy atom. The second-order valence-electron chi connectivity index (χ2n) is 6.44. The van der Waals surface area contributed by atoms with Gasteiger partial charge >= 0.3 is 0 Å². The summed E-state index contributed by atoms with van der Waals surface area (Å²) in [6, 6.07) is 11.9. The van der Waals surface area contributed by atoms with Crippen molar-refractivity contribution in [2.24, 2.45) is 17.6 Å². The number of nitrogens with two attached hydrogens (primary N) is 1. The summed E-state index contributed by atoms with van der Waals surface area (Å²) in [7, 11) is 0. The van der Waals surface area contributed by atoms with E-state index in [1.807, 2.05) is 0 Å². The maximum absolute atomic E-state index is 5.84. The lowest BCUT2D eigenvalue weighted by molar-refractivity contribution is 0.255. The Kier molecular flexibility index (Phi) is 7.92. The fraction of sp³-hybridized carbons (Fsp3) is 0.556. The monoisotopic (exact) mass is 342 g/mol. The minimum atomic E-state index is 0. The SMILES string of the molecule is CC/C(=C\c1ccccc1)[C@@H]1C[C@H]1NC[C@H]1C[C@H](N)C1.Cl.Cl. The van der Waals surface area contributed by atoms with E-state index < -0.39 is 0 Å². The summed E-state index contributed by atoms with van der Waals surface area (Å²) < 4.78 is 0. The van der Waals surface area contributed by atoms with Crippen LogP contribution in [-0.2, 0) is 0 Å². The molecule has 2 atom stereocenters. The molecule has 0 aliphatic heterocycles. The Hall–Kier alpha value is -0.540. The van der Waals surface area contributed by atoms with Crippen molar-refractivity contribution >= 4 is 30.9 Å². The van der Waals surface area contributed by atoms with Crippen LogP contribution >= 0.6 is 24.8 Å². The van der Waals surface area contributed by atoms with Crippen molar-refractivity contribution < 1.29 is 0 Å². The Morgan fingerprint density at radius 3 is 2.45 bits per heavy atom. The van der Waals surface area contributed by atoms with E-state index in [2.05, 4.69) is 48.6 Å². The highest BCUT2D eigenvalue weighted by atomic mass is 35.5. The van der Waals surface area contributed by atoms with Gasteiger partial charge < -0.3 is 11.1 Å². The fourth-order valence-electron chi connectivity index (χ4n) is 3.34. The van der Waals surface area contributed by atoms with Gasteiger partial charge in [0.15, 0.2) is 0 Å². The van der Waals surface area contributed by atoms with E-state index in [9.17, 15) is 0 Å². The van der Waals surface area contributed by atoms with Crippen LogP contribution in [0.15, 0.2) is 35.9 Å². The number of rotatable bonds is 6. The largest absolute Gasteiger partial charge is 0.328 e. The van der Waals surface area contributed by atoms with Crippen LogP contribution in [-0.4, -0.2) is 18.6 Å². The zero-order valence-electron chi connectivity index (χ0n) is 13.2. The average Bonchev–Trinajstić information content (AvgIpc) is 3.20. The van der Waals surface area contributed by atoms with Crippen LogP contribution in [0.3, 0.4) is 0 Å². The molecule has 0 spiro atoms. The van der Waals surface area contributed by atoms with Gasteiger partial charge in [-0.15, -0.1) is 24.8 Å². The normalized spacial score (nSPS) is 29.8. The van der Waals surface area contributed by atoms with Crippen molar-refractivity contribution in [3.05, 3.63) is 41.5 Å². The van der Waals surface area contributed by atoms with Gasteiger partial charge in [0.25, 0.3) is 0 Å². The lowest BCUT2D eigenvalue weighted by atomic mass is 9.81. The molecular formula is C18H28Cl2N2. The molecule has 0 bridgehead atoms. The van der Waals surface area contributed by atoms with Crippen LogP contribution in [0.5, 0.6) is 0 Å². The molecule has 0 unspecified atom stereocenters. The summed E-state index contributed by atoms with van der Waals surface area (Å²) in [5.41, 5.74) is 8.77. The topological polar surface area (TPSA) is 38.0 Å². The predicted octanol–water partition coefficient (Wildman–Crippen LogP) is 4.04. The molecule has 0 saturated heterocycles. The average molecular weight is 343 g/mol. The highest BCUT2D eigenvalue weighted by Gasteiger charge is 2.39. The Morgan fingerprint density at radius 1 is 1.18 bits per heavy atom. The highest BCUT2D eigenvalue weighted by molar-refractivity contribution is 5.85.